The fourth-order valence-corrected chi connectivity index (χ4v) is 1.53. The van der Waals surface area contributed by atoms with Crippen molar-refractivity contribution in [2.45, 2.75) is 12.8 Å². The molecule has 5 nitrogen and oxygen atoms in total. The molecule has 2 aromatic rings. The Morgan fingerprint density at radius 1 is 1.47 bits per heavy atom. The van der Waals surface area contributed by atoms with Gasteiger partial charge >= 0.3 is 0 Å². The Hall–Kier alpha value is -2.31. The minimum absolute atomic E-state index is 0.453. The van der Waals surface area contributed by atoms with Crippen LogP contribution in [0.1, 0.15) is 6.42 Å². The van der Waals surface area contributed by atoms with E-state index in [0.717, 1.165) is 10.6 Å². The molecule has 0 aliphatic rings. The van der Waals surface area contributed by atoms with E-state index in [4.69, 9.17) is 0 Å². The maximum absolute atomic E-state index is 12.2. The van der Waals surface area contributed by atoms with E-state index in [9.17, 15) is 13.6 Å². The minimum atomic E-state index is -2.65. The van der Waals surface area contributed by atoms with E-state index < -0.39 is 18.8 Å². The van der Waals surface area contributed by atoms with Crippen LogP contribution in [-0.4, -0.2) is 34.1 Å². The van der Waals surface area contributed by atoms with Gasteiger partial charge in [-0.05, 0) is 12.1 Å². The molecule has 0 unspecified atom stereocenters. The van der Waals surface area contributed by atoms with Crippen molar-refractivity contribution in [1.29, 1.82) is 0 Å². The van der Waals surface area contributed by atoms with E-state index in [0.29, 0.717) is 5.69 Å². The van der Waals surface area contributed by atoms with Crippen LogP contribution in [-0.2, 0) is 4.79 Å². The zero-order chi connectivity index (χ0) is 13.8. The van der Waals surface area contributed by atoms with E-state index in [1.165, 1.54) is 17.9 Å². The number of carbonyl (C=O) groups is 1. The van der Waals surface area contributed by atoms with Crippen molar-refractivity contribution in [3.05, 3.63) is 36.9 Å². The SMILES string of the molecule is CN(C(=O)CC(F)F)c1cnn(-c2cccnc2)c1. The van der Waals surface area contributed by atoms with Gasteiger partial charge in [0.15, 0.2) is 0 Å². The fraction of sp³-hybridized carbons (Fsp3) is 0.250. The van der Waals surface area contributed by atoms with E-state index in [1.807, 2.05) is 0 Å². The number of carbonyl (C=O) groups excluding carboxylic acids is 1. The van der Waals surface area contributed by atoms with Gasteiger partial charge in [-0.15, -0.1) is 0 Å². The highest BCUT2D eigenvalue weighted by molar-refractivity contribution is 5.92. The van der Waals surface area contributed by atoms with Gasteiger partial charge in [0, 0.05) is 13.2 Å². The average Bonchev–Trinajstić information content (AvgIpc) is 2.87. The van der Waals surface area contributed by atoms with Crippen molar-refractivity contribution in [1.82, 2.24) is 14.8 Å². The molecule has 1 amide bonds. The molecule has 0 aliphatic heterocycles. The topological polar surface area (TPSA) is 51.0 Å². The van der Waals surface area contributed by atoms with Crippen molar-refractivity contribution in [2.75, 3.05) is 11.9 Å². The summed E-state index contributed by atoms with van der Waals surface area (Å²) in [7, 11) is 1.44. The average molecular weight is 266 g/mol. The van der Waals surface area contributed by atoms with Gasteiger partial charge in [0.25, 0.3) is 0 Å². The minimum Gasteiger partial charge on any atom is -0.312 e. The van der Waals surface area contributed by atoms with Gasteiger partial charge in [0.2, 0.25) is 12.3 Å². The maximum atomic E-state index is 12.2. The number of alkyl halides is 2. The number of nitrogens with zero attached hydrogens (tertiary/aromatic N) is 4. The molecule has 0 saturated heterocycles. The van der Waals surface area contributed by atoms with Gasteiger partial charge in [-0.3, -0.25) is 9.78 Å². The third-order valence-electron chi connectivity index (χ3n) is 2.57. The molecule has 0 aliphatic carbocycles. The Labute approximate surface area is 108 Å². The van der Waals surface area contributed by atoms with Crippen LogP contribution in [0.5, 0.6) is 0 Å². The van der Waals surface area contributed by atoms with Crippen molar-refractivity contribution in [2.24, 2.45) is 0 Å². The van der Waals surface area contributed by atoms with Gasteiger partial charge in [-0.2, -0.15) is 5.10 Å². The van der Waals surface area contributed by atoms with Crippen molar-refractivity contribution in [3.63, 3.8) is 0 Å². The molecule has 0 spiro atoms. The Morgan fingerprint density at radius 2 is 2.26 bits per heavy atom. The number of anilines is 1. The first-order valence-electron chi connectivity index (χ1n) is 5.57. The van der Waals surface area contributed by atoms with E-state index in [-0.39, 0.29) is 0 Å². The quantitative estimate of drug-likeness (QED) is 0.849. The summed E-state index contributed by atoms with van der Waals surface area (Å²) in [5, 5.41) is 4.06. The highest BCUT2D eigenvalue weighted by Gasteiger charge is 2.17. The summed E-state index contributed by atoms with van der Waals surface area (Å²) in [5.74, 6) is -0.652. The van der Waals surface area contributed by atoms with Crippen LogP contribution in [0.15, 0.2) is 36.9 Å². The third kappa shape index (κ3) is 3.12. The van der Waals surface area contributed by atoms with Gasteiger partial charge in [0.05, 0.1) is 36.4 Å². The molecule has 19 heavy (non-hydrogen) atoms. The number of amides is 1. The molecular weight excluding hydrogens is 254 g/mol. The van der Waals surface area contributed by atoms with Crippen molar-refractivity contribution in [3.8, 4) is 5.69 Å². The Bertz CT molecular complexity index is 556. The highest BCUT2D eigenvalue weighted by atomic mass is 19.3. The number of hydrogen-bond acceptors (Lipinski definition) is 3. The summed E-state index contributed by atoms with van der Waals surface area (Å²) < 4.78 is 25.8. The maximum Gasteiger partial charge on any atom is 0.247 e. The zero-order valence-electron chi connectivity index (χ0n) is 10.2. The number of hydrogen-bond donors (Lipinski definition) is 0. The zero-order valence-corrected chi connectivity index (χ0v) is 10.2. The summed E-state index contributed by atoms with van der Waals surface area (Å²) in [6.07, 6.45) is 2.82. The lowest BCUT2D eigenvalue weighted by molar-refractivity contribution is -0.120. The number of pyridine rings is 1. The second kappa shape index (κ2) is 5.55. The molecule has 0 radical (unpaired) electrons. The molecule has 0 bridgehead atoms. The fourth-order valence-electron chi connectivity index (χ4n) is 1.53. The lowest BCUT2D eigenvalue weighted by atomic mass is 10.3. The van der Waals surface area contributed by atoms with E-state index in [2.05, 4.69) is 10.1 Å². The first-order valence-corrected chi connectivity index (χ1v) is 5.57. The molecule has 0 fully saturated rings. The number of aromatic nitrogens is 3. The predicted octanol–water partition coefficient (Wildman–Crippen LogP) is 1.89. The molecule has 0 atom stereocenters. The molecular formula is C12H12F2N4O. The van der Waals surface area contributed by atoms with Crippen molar-refractivity contribution < 1.29 is 13.6 Å². The first kappa shape index (κ1) is 13.1. The van der Waals surface area contributed by atoms with Crippen LogP contribution < -0.4 is 4.90 Å². The Kier molecular flexibility index (Phi) is 3.84. The second-order valence-corrected chi connectivity index (χ2v) is 3.90. The molecule has 2 rings (SSSR count). The van der Waals surface area contributed by atoms with Gasteiger partial charge < -0.3 is 4.90 Å². The molecule has 0 saturated carbocycles. The second-order valence-electron chi connectivity index (χ2n) is 3.90. The summed E-state index contributed by atoms with van der Waals surface area (Å²) in [6, 6.07) is 3.55. The highest BCUT2D eigenvalue weighted by Crippen LogP contribution is 2.16. The summed E-state index contributed by atoms with van der Waals surface area (Å²) >= 11 is 0. The number of halogens is 2. The summed E-state index contributed by atoms with van der Waals surface area (Å²) in [6.45, 7) is 0. The molecule has 0 aromatic carbocycles. The normalized spacial score (nSPS) is 10.7. The van der Waals surface area contributed by atoms with E-state index >= 15 is 0 Å². The van der Waals surface area contributed by atoms with Crippen LogP contribution in [0.3, 0.4) is 0 Å². The largest absolute Gasteiger partial charge is 0.312 e. The van der Waals surface area contributed by atoms with Crippen molar-refractivity contribution >= 4 is 11.6 Å². The van der Waals surface area contributed by atoms with Crippen LogP contribution >= 0.6 is 0 Å². The standard InChI is InChI=1S/C12H12F2N4O/c1-17(12(19)5-11(13)14)10-7-16-18(8-10)9-3-2-4-15-6-9/h2-4,6-8,11H,5H2,1H3. The molecule has 2 aromatic heterocycles. The summed E-state index contributed by atoms with van der Waals surface area (Å²) in [4.78, 5) is 16.6. The smallest absolute Gasteiger partial charge is 0.247 e. The molecule has 2 heterocycles. The first-order chi connectivity index (χ1) is 9.08. The Balaban J connectivity index is 2.15. The van der Waals surface area contributed by atoms with Crippen LogP contribution in [0, 0.1) is 0 Å². The molecule has 7 heteroatoms. The van der Waals surface area contributed by atoms with Crippen LogP contribution in [0.2, 0.25) is 0 Å². The molecule has 100 valence electrons. The van der Waals surface area contributed by atoms with Gasteiger partial charge in [-0.1, -0.05) is 0 Å². The van der Waals surface area contributed by atoms with Gasteiger partial charge in [-0.25, -0.2) is 13.5 Å². The predicted molar refractivity (Wildman–Crippen MR) is 65.4 cm³/mol. The van der Waals surface area contributed by atoms with E-state index in [1.54, 1.807) is 30.7 Å². The summed E-state index contributed by atoms with van der Waals surface area (Å²) in [5.41, 5.74) is 1.18. The van der Waals surface area contributed by atoms with Crippen LogP contribution in [0.4, 0.5) is 14.5 Å². The van der Waals surface area contributed by atoms with Crippen LogP contribution in [0.25, 0.3) is 5.69 Å². The number of rotatable bonds is 4. The molecule has 0 N–H and O–H groups in total. The van der Waals surface area contributed by atoms with Gasteiger partial charge in [0.1, 0.15) is 0 Å². The Morgan fingerprint density at radius 3 is 2.89 bits per heavy atom. The third-order valence-corrected chi connectivity index (χ3v) is 2.57. The monoisotopic (exact) mass is 266 g/mol. The lowest BCUT2D eigenvalue weighted by Gasteiger charge is -2.14. The lowest BCUT2D eigenvalue weighted by Crippen LogP contribution is -2.27.